The topological polar surface area (TPSA) is 24.1 Å². The van der Waals surface area contributed by atoms with E-state index in [1.54, 1.807) is 0 Å². The molecular weight excluding hydrogens is 160 g/mol. The zero-order valence-electron chi connectivity index (χ0n) is 8.65. The minimum Gasteiger partial charge on any atom is -0.308 e. The zero-order valence-corrected chi connectivity index (χ0v) is 8.65. The van der Waals surface area contributed by atoms with Gasteiger partial charge in [0.05, 0.1) is 0 Å². The van der Waals surface area contributed by atoms with Gasteiger partial charge in [-0.15, -0.1) is 0 Å². The maximum atomic E-state index is 3.29. The summed E-state index contributed by atoms with van der Waals surface area (Å²) < 4.78 is 0. The summed E-state index contributed by atoms with van der Waals surface area (Å²) in [5.41, 5.74) is 4.07. The molecule has 0 saturated carbocycles. The van der Waals surface area contributed by atoms with Crippen LogP contribution in [0.25, 0.3) is 0 Å². The quantitative estimate of drug-likeness (QED) is 0.540. The summed E-state index contributed by atoms with van der Waals surface area (Å²) in [6, 6.07) is 6.58. The molecule has 0 aliphatic rings. The summed E-state index contributed by atoms with van der Waals surface area (Å²) in [5.74, 6) is 0. The Morgan fingerprint density at radius 1 is 1.15 bits per heavy atom. The highest BCUT2D eigenvalue weighted by molar-refractivity contribution is 5.29. The van der Waals surface area contributed by atoms with Crippen LogP contribution in [0.4, 0.5) is 0 Å². The van der Waals surface area contributed by atoms with Crippen LogP contribution in [0, 0.1) is 13.8 Å². The van der Waals surface area contributed by atoms with Crippen molar-refractivity contribution in [1.29, 1.82) is 0 Å². The molecule has 1 rings (SSSR count). The maximum Gasteiger partial charge on any atom is 0.0454 e. The minimum absolute atomic E-state index is 0.854. The summed E-state index contributed by atoms with van der Waals surface area (Å²) in [5, 5.41) is 6.34. The van der Waals surface area contributed by atoms with Crippen molar-refractivity contribution in [2.45, 2.75) is 20.4 Å². The average Bonchev–Trinajstić information content (AvgIpc) is 2.12. The Balaban J connectivity index is 2.53. The van der Waals surface area contributed by atoms with E-state index in [1.807, 2.05) is 7.05 Å². The Hall–Kier alpha value is -0.860. The van der Waals surface area contributed by atoms with Gasteiger partial charge in [0.15, 0.2) is 0 Å². The van der Waals surface area contributed by atoms with Crippen LogP contribution in [0.2, 0.25) is 0 Å². The predicted octanol–water partition coefficient (Wildman–Crippen LogP) is 1.57. The standard InChI is InChI=1S/C11H18N2/c1-9-4-5-11(6-10(9)2)7-13-8-12-3/h4-6,12-13H,7-8H2,1-3H3. The van der Waals surface area contributed by atoms with Gasteiger partial charge in [-0.3, -0.25) is 0 Å². The van der Waals surface area contributed by atoms with Gasteiger partial charge in [-0.25, -0.2) is 0 Å². The van der Waals surface area contributed by atoms with Crippen molar-refractivity contribution < 1.29 is 0 Å². The van der Waals surface area contributed by atoms with E-state index in [4.69, 9.17) is 0 Å². The van der Waals surface area contributed by atoms with Gasteiger partial charge in [0, 0.05) is 13.2 Å². The number of benzene rings is 1. The third-order valence-electron chi connectivity index (χ3n) is 2.20. The molecule has 0 aromatic heterocycles. The Bertz CT molecular complexity index is 269. The average molecular weight is 178 g/mol. The highest BCUT2D eigenvalue weighted by Crippen LogP contribution is 2.09. The van der Waals surface area contributed by atoms with Crippen LogP contribution in [0.15, 0.2) is 18.2 Å². The van der Waals surface area contributed by atoms with Crippen molar-refractivity contribution in [3.05, 3.63) is 34.9 Å². The molecule has 1 aromatic rings. The normalized spacial score (nSPS) is 10.4. The van der Waals surface area contributed by atoms with Gasteiger partial charge >= 0.3 is 0 Å². The smallest absolute Gasteiger partial charge is 0.0454 e. The van der Waals surface area contributed by atoms with Crippen LogP contribution < -0.4 is 10.6 Å². The lowest BCUT2D eigenvalue weighted by Gasteiger charge is -2.06. The minimum atomic E-state index is 0.854. The van der Waals surface area contributed by atoms with Crippen molar-refractivity contribution in [1.82, 2.24) is 10.6 Å². The molecule has 0 amide bonds. The van der Waals surface area contributed by atoms with Gasteiger partial charge in [0.2, 0.25) is 0 Å². The Kier molecular flexibility index (Phi) is 3.93. The monoisotopic (exact) mass is 178 g/mol. The molecule has 0 radical (unpaired) electrons. The fourth-order valence-corrected chi connectivity index (χ4v) is 1.25. The molecule has 0 spiro atoms. The largest absolute Gasteiger partial charge is 0.308 e. The molecule has 0 bridgehead atoms. The lowest BCUT2D eigenvalue weighted by Crippen LogP contribution is -2.25. The highest BCUT2D eigenvalue weighted by atomic mass is 15.0. The van der Waals surface area contributed by atoms with Gasteiger partial charge in [0.1, 0.15) is 0 Å². The van der Waals surface area contributed by atoms with E-state index in [0.29, 0.717) is 0 Å². The molecule has 0 aliphatic carbocycles. The van der Waals surface area contributed by atoms with Crippen LogP contribution in [-0.4, -0.2) is 13.7 Å². The summed E-state index contributed by atoms with van der Waals surface area (Å²) in [6.07, 6.45) is 0. The van der Waals surface area contributed by atoms with Gasteiger partial charge in [-0.05, 0) is 37.6 Å². The van der Waals surface area contributed by atoms with Crippen molar-refractivity contribution in [2.75, 3.05) is 13.7 Å². The van der Waals surface area contributed by atoms with E-state index in [-0.39, 0.29) is 0 Å². The summed E-state index contributed by atoms with van der Waals surface area (Å²) in [7, 11) is 1.94. The lowest BCUT2D eigenvalue weighted by molar-refractivity contribution is 0.631. The summed E-state index contributed by atoms with van der Waals surface area (Å²) in [4.78, 5) is 0. The molecule has 2 N–H and O–H groups in total. The first-order valence-corrected chi connectivity index (χ1v) is 4.65. The van der Waals surface area contributed by atoms with Crippen LogP contribution in [0.1, 0.15) is 16.7 Å². The number of rotatable bonds is 4. The van der Waals surface area contributed by atoms with Crippen LogP contribution in [-0.2, 0) is 6.54 Å². The van der Waals surface area contributed by atoms with Crippen molar-refractivity contribution in [2.24, 2.45) is 0 Å². The first-order chi connectivity index (χ1) is 6.24. The first-order valence-electron chi connectivity index (χ1n) is 4.65. The second-order valence-electron chi connectivity index (χ2n) is 3.38. The molecule has 0 atom stereocenters. The third kappa shape index (κ3) is 3.17. The molecule has 0 unspecified atom stereocenters. The molecule has 0 saturated heterocycles. The van der Waals surface area contributed by atoms with Crippen LogP contribution in [0.5, 0.6) is 0 Å². The molecule has 0 fully saturated rings. The Labute approximate surface area is 80.4 Å². The molecule has 2 nitrogen and oxygen atoms in total. The summed E-state index contributed by atoms with van der Waals surface area (Å²) in [6.45, 7) is 6.08. The number of nitrogens with one attached hydrogen (secondary N) is 2. The fraction of sp³-hybridized carbons (Fsp3) is 0.455. The number of aryl methyl sites for hydroxylation is 2. The van der Waals surface area contributed by atoms with E-state index >= 15 is 0 Å². The second-order valence-corrected chi connectivity index (χ2v) is 3.38. The SMILES string of the molecule is CNCNCc1ccc(C)c(C)c1. The van der Waals surface area contributed by atoms with Gasteiger partial charge < -0.3 is 10.6 Å². The van der Waals surface area contributed by atoms with Gasteiger partial charge in [0.25, 0.3) is 0 Å². The molecular formula is C11H18N2. The molecule has 72 valence electrons. The lowest BCUT2D eigenvalue weighted by atomic mass is 10.1. The molecule has 0 heterocycles. The Morgan fingerprint density at radius 3 is 2.54 bits per heavy atom. The molecule has 0 aliphatic heterocycles. The number of hydrogen-bond donors (Lipinski definition) is 2. The zero-order chi connectivity index (χ0) is 9.68. The highest BCUT2D eigenvalue weighted by Gasteiger charge is 1.94. The van der Waals surface area contributed by atoms with Crippen molar-refractivity contribution >= 4 is 0 Å². The van der Waals surface area contributed by atoms with Crippen molar-refractivity contribution in [3.63, 3.8) is 0 Å². The van der Waals surface area contributed by atoms with Crippen molar-refractivity contribution in [3.8, 4) is 0 Å². The van der Waals surface area contributed by atoms with Crippen LogP contribution >= 0.6 is 0 Å². The van der Waals surface area contributed by atoms with E-state index in [1.165, 1.54) is 16.7 Å². The molecule has 2 heteroatoms. The third-order valence-corrected chi connectivity index (χ3v) is 2.20. The molecule has 1 aromatic carbocycles. The van der Waals surface area contributed by atoms with Crippen LogP contribution in [0.3, 0.4) is 0 Å². The first kappa shape index (κ1) is 10.2. The van der Waals surface area contributed by atoms with Gasteiger partial charge in [-0.1, -0.05) is 18.2 Å². The summed E-state index contributed by atoms with van der Waals surface area (Å²) >= 11 is 0. The van der Waals surface area contributed by atoms with Gasteiger partial charge in [-0.2, -0.15) is 0 Å². The number of hydrogen-bond acceptors (Lipinski definition) is 2. The fourth-order valence-electron chi connectivity index (χ4n) is 1.25. The van der Waals surface area contributed by atoms with E-state index in [9.17, 15) is 0 Å². The Morgan fingerprint density at radius 2 is 1.92 bits per heavy atom. The van der Waals surface area contributed by atoms with E-state index in [0.717, 1.165) is 13.2 Å². The molecule has 13 heavy (non-hydrogen) atoms. The maximum absolute atomic E-state index is 3.29. The van der Waals surface area contributed by atoms with E-state index in [2.05, 4.69) is 42.7 Å². The predicted molar refractivity (Wildman–Crippen MR) is 56.7 cm³/mol. The van der Waals surface area contributed by atoms with E-state index < -0.39 is 0 Å². The second kappa shape index (κ2) is 5.00.